The minimum absolute atomic E-state index is 0.244. The van der Waals surface area contributed by atoms with E-state index in [4.69, 9.17) is 4.74 Å². The van der Waals surface area contributed by atoms with Crippen LogP contribution in [-0.4, -0.2) is 41.5 Å². The Labute approximate surface area is 157 Å². The van der Waals surface area contributed by atoms with Crippen molar-refractivity contribution in [1.82, 2.24) is 20.5 Å². The first-order chi connectivity index (χ1) is 13.3. The molecule has 0 amide bonds. The number of rotatable bonds is 6. The van der Waals surface area contributed by atoms with Gasteiger partial charge < -0.3 is 15.0 Å². The third-order valence-electron chi connectivity index (χ3n) is 4.64. The molecule has 0 radical (unpaired) electrons. The largest absolute Gasteiger partial charge is 0.378 e. The fourth-order valence-electron chi connectivity index (χ4n) is 3.19. The summed E-state index contributed by atoms with van der Waals surface area (Å²) in [6.07, 6.45) is 3.65. The molecule has 1 aliphatic heterocycles. The number of benzene rings is 1. The summed E-state index contributed by atoms with van der Waals surface area (Å²) in [6, 6.07) is 10.6. The molecule has 1 aliphatic rings. The number of anilines is 1. The van der Waals surface area contributed by atoms with Crippen LogP contribution in [0.2, 0.25) is 0 Å². The number of hydrogen-bond acceptors (Lipinski definition) is 5. The van der Waals surface area contributed by atoms with E-state index in [-0.39, 0.29) is 5.82 Å². The van der Waals surface area contributed by atoms with E-state index in [9.17, 15) is 4.39 Å². The second-order valence-corrected chi connectivity index (χ2v) is 6.50. The number of aromatic amines is 1. The van der Waals surface area contributed by atoms with Crippen molar-refractivity contribution in [2.45, 2.75) is 13.1 Å². The van der Waals surface area contributed by atoms with Crippen molar-refractivity contribution >= 4 is 5.82 Å². The number of nitrogens with one attached hydrogen (secondary N) is 2. The number of halogens is 1. The van der Waals surface area contributed by atoms with Gasteiger partial charge in [0, 0.05) is 43.5 Å². The Kier molecular flexibility index (Phi) is 5.41. The van der Waals surface area contributed by atoms with Crippen LogP contribution in [0.3, 0.4) is 0 Å². The molecule has 2 aromatic heterocycles. The van der Waals surface area contributed by atoms with E-state index in [0.717, 1.165) is 55.5 Å². The highest BCUT2D eigenvalue weighted by molar-refractivity contribution is 5.62. The summed E-state index contributed by atoms with van der Waals surface area (Å²) in [5.74, 6) is 0.750. The molecule has 1 saturated heterocycles. The summed E-state index contributed by atoms with van der Waals surface area (Å²) in [5.41, 5.74) is 4.05. The van der Waals surface area contributed by atoms with Crippen LogP contribution >= 0.6 is 0 Å². The van der Waals surface area contributed by atoms with Crippen molar-refractivity contribution in [2.24, 2.45) is 0 Å². The van der Waals surface area contributed by atoms with Crippen molar-refractivity contribution in [1.29, 1.82) is 0 Å². The summed E-state index contributed by atoms with van der Waals surface area (Å²) in [6.45, 7) is 4.64. The number of pyridine rings is 1. The quantitative estimate of drug-likeness (QED) is 0.701. The van der Waals surface area contributed by atoms with Crippen LogP contribution in [0, 0.1) is 5.82 Å². The van der Waals surface area contributed by atoms with E-state index in [1.54, 1.807) is 18.3 Å². The lowest BCUT2D eigenvalue weighted by molar-refractivity contribution is 0.122. The van der Waals surface area contributed by atoms with Gasteiger partial charge in [0.25, 0.3) is 0 Å². The van der Waals surface area contributed by atoms with Crippen LogP contribution in [0.1, 0.15) is 11.1 Å². The van der Waals surface area contributed by atoms with Crippen molar-refractivity contribution in [2.75, 3.05) is 31.2 Å². The lowest BCUT2D eigenvalue weighted by Crippen LogP contribution is -2.36. The molecule has 0 aliphatic carbocycles. The minimum Gasteiger partial charge on any atom is -0.378 e. The number of hydrogen-bond donors (Lipinski definition) is 2. The van der Waals surface area contributed by atoms with Gasteiger partial charge in [-0.1, -0.05) is 0 Å². The predicted molar refractivity (Wildman–Crippen MR) is 102 cm³/mol. The Morgan fingerprint density at radius 2 is 1.93 bits per heavy atom. The molecule has 0 atom stereocenters. The van der Waals surface area contributed by atoms with Crippen molar-refractivity contribution in [3.63, 3.8) is 0 Å². The van der Waals surface area contributed by atoms with Crippen molar-refractivity contribution in [3.8, 4) is 11.3 Å². The Hall–Kier alpha value is -2.77. The molecule has 4 rings (SSSR count). The number of aromatic nitrogens is 3. The molecule has 2 N–H and O–H groups in total. The summed E-state index contributed by atoms with van der Waals surface area (Å²) < 4.78 is 18.5. The molecule has 1 aromatic carbocycles. The van der Waals surface area contributed by atoms with Crippen LogP contribution in [0.4, 0.5) is 10.2 Å². The predicted octanol–water partition coefficient (Wildman–Crippen LogP) is 2.74. The Bertz CT molecular complexity index is 874. The van der Waals surface area contributed by atoms with Gasteiger partial charge in [0.15, 0.2) is 0 Å². The zero-order valence-electron chi connectivity index (χ0n) is 15.0. The maximum absolute atomic E-state index is 13.1. The molecular formula is C20H22FN5O. The van der Waals surface area contributed by atoms with Crippen molar-refractivity contribution in [3.05, 3.63) is 65.7 Å². The van der Waals surface area contributed by atoms with Gasteiger partial charge in [-0.3, -0.25) is 5.10 Å². The highest BCUT2D eigenvalue weighted by Crippen LogP contribution is 2.21. The van der Waals surface area contributed by atoms with Gasteiger partial charge in [-0.25, -0.2) is 9.37 Å². The van der Waals surface area contributed by atoms with Gasteiger partial charge in [-0.15, -0.1) is 0 Å². The number of morpholine rings is 1. The van der Waals surface area contributed by atoms with Gasteiger partial charge in [0.1, 0.15) is 11.6 Å². The van der Waals surface area contributed by atoms with Crippen LogP contribution in [0.5, 0.6) is 0 Å². The Balaban J connectivity index is 1.38. The first kappa shape index (κ1) is 17.6. The van der Waals surface area contributed by atoms with E-state index in [1.165, 1.54) is 17.7 Å². The van der Waals surface area contributed by atoms with E-state index < -0.39 is 0 Å². The Morgan fingerprint density at radius 1 is 1.11 bits per heavy atom. The standard InChI is InChI=1S/C20H22FN5O/c21-18-3-1-16(2-4-18)20-17(14-24-25-20)13-22-12-15-5-6-23-19(11-15)26-7-9-27-10-8-26/h1-6,11,14,22H,7-10,12-13H2,(H,24,25). The molecule has 0 bridgehead atoms. The summed E-state index contributed by atoms with van der Waals surface area (Å²) in [5, 5.41) is 10.6. The van der Waals surface area contributed by atoms with Gasteiger partial charge in [0.2, 0.25) is 0 Å². The summed E-state index contributed by atoms with van der Waals surface area (Å²) in [7, 11) is 0. The van der Waals surface area contributed by atoms with E-state index in [2.05, 4.69) is 31.5 Å². The second kappa shape index (κ2) is 8.28. The monoisotopic (exact) mass is 367 g/mol. The lowest BCUT2D eigenvalue weighted by Gasteiger charge is -2.28. The van der Waals surface area contributed by atoms with E-state index in [0.29, 0.717) is 6.54 Å². The fourth-order valence-corrected chi connectivity index (χ4v) is 3.19. The minimum atomic E-state index is -0.244. The molecule has 0 spiro atoms. The third kappa shape index (κ3) is 4.32. The molecule has 140 valence electrons. The zero-order valence-corrected chi connectivity index (χ0v) is 15.0. The molecular weight excluding hydrogens is 345 g/mol. The topological polar surface area (TPSA) is 66.1 Å². The molecule has 3 heterocycles. The Morgan fingerprint density at radius 3 is 2.74 bits per heavy atom. The lowest BCUT2D eigenvalue weighted by atomic mass is 10.1. The molecule has 27 heavy (non-hydrogen) atoms. The van der Waals surface area contributed by atoms with Crippen LogP contribution < -0.4 is 10.2 Å². The van der Waals surface area contributed by atoms with E-state index in [1.807, 2.05) is 12.3 Å². The first-order valence-electron chi connectivity index (χ1n) is 9.06. The fraction of sp³-hybridized carbons (Fsp3) is 0.300. The number of H-pyrrole nitrogens is 1. The zero-order chi connectivity index (χ0) is 18.5. The first-order valence-corrected chi connectivity index (χ1v) is 9.06. The smallest absolute Gasteiger partial charge is 0.128 e. The molecule has 7 heteroatoms. The van der Waals surface area contributed by atoms with Crippen LogP contribution in [0.15, 0.2) is 48.8 Å². The molecule has 1 fully saturated rings. The van der Waals surface area contributed by atoms with Crippen LogP contribution in [-0.2, 0) is 17.8 Å². The second-order valence-electron chi connectivity index (χ2n) is 6.50. The van der Waals surface area contributed by atoms with Gasteiger partial charge in [-0.2, -0.15) is 5.10 Å². The van der Waals surface area contributed by atoms with Gasteiger partial charge in [0.05, 0.1) is 25.1 Å². The van der Waals surface area contributed by atoms with Crippen molar-refractivity contribution < 1.29 is 9.13 Å². The SMILES string of the molecule is Fc1ccc(-c2[nH]ncc2CNCc2ccnc(N3CCOCC3)c2)cc1. The summed E-state index contributed by atoms with van der Waals surface area (Å²) >= 11 is 0. The van der Waals surface area contributed by atoms with Crippen LogP contribution in [0.25, 0.3) is 11.3 Å². The summed E-state index contributed by atoms with van der Waals surface area (Å²) in [4.78, 5) is 6.72. The third-order valence-corrected chi connectivity index (χ3v) is 4.64. The average molecular weight is 367 g/mol. The molecule has 6 nitrogen and oxygen atoms in total. The molecule has 0 saturated carbocycles. The van der Waals surface area contributed by atoms with E-state index >= 15 is 0 Å². The maximum atomic E-state index is 13.1. The average Bonchev–Trinajstić information content (AvgIpc) is 3.18. The van der Waals surface area contributed by atoms with Gasteiger partial charge in [-0.05, 0) is 42.0 Å². The number of ether oxygens (including phenoxy) is 1. The van der Waals surface area contributed by atoms with Gasteiger partial charge >= 0.3 is 0 Å². The highest BCUT2D eigenvalue weighted by atomic mass is 19.1. The maximum Gasteiger partial charge on any atom is 0.128 e. The normalized spacial score (nSPS) is 14.5. The highest BCUT2D eigenvalue weighted by Gasteiger charge is 2.13. The number of nitrogens with zero attached hydrogens (tertiary/aromatic N) is 3. The molecule has 3 aromatic rings. The molecule has 0 unspecified atom stereocenters.